The molecule has 2 rings (SSSR count). The van der Waals surface area contributed by atoms with E-state index in [1.54, 1.807) is 13.2 Å². The first-order valence-electron chi connectivity index (χ1n) is 4.14. The molecule has 0 spiro atoms. The molecule has 0 amide bonds. The molecule has 14 heavy (non-hydrogen) atoms. The predicted octanol–water partition coefficient (Wildman–Crippen LogP) is 3.75. The van der Waals surface area contributed by atoms with Gasteiger partial charge in [0.1, 0.15) is 11.6 Å². The molecule has 0 bridgehead atoms. The van der Waals surface area contributed by atoms with Gasteiger partial charge in [-0.2, -0.15) is 0 Å². The van der Waals surface area contributed by atoms with Crippen LogP contribution in [0.5, 0.6) is 5.75 Å². The van der Waals surface area contributed by atoms with Gasteiger partial charge in [-0.1, -0.05) is 12.1 Å². The molecule has 0 saturated heterocycles. The normalized spacial score (nSPS) is 10.5. The molecular formula is C11H8BrFO. The lowest BCUT2D eigenvalue weighted by atomic mass is 10.1. The third-order valence-corrected chi connectivity index (χ3v) is 2.71. The molecule has 0 unspecified atom stereocenters. The van der Waals surface area contributed by atoms with Crippen LogP contribution < -0.4 is 4.74 Å². The van der Waals surface area contributed by atoms with Gasteiger partial charge in [0.25, 0.3) is 0 Å². The Bertz CT molecular complexity index is 477. The molecule has 72 valence electrons. The van der Waals surface area contributed by atoms with Crippen LogP contribution in [-0.4, -0.2) is 7.11 Å². The van der Waals surface area contributed by atoms with Crippen molar-refractivity contribution < 1.29 is 9.13 Å². The van der Waals surface area contributed by atoms with Gasteiger partial charge >= 0.3 is 0 Å². The molecule has 0 radical (unpaired) electrons. The SMILES string of the molecule is COc1c(Br)ccc2ccc(F)cc12. The van der Waals surface area contributed by atoms with Crippen LogP contribution in [-0.2, 0) is 0 Å². The molecule has 2 aromatic carbocycles. The van der Waals surface area contributed by atoms with Gasteiger partial charge in [0.05, 0.1) is 11.6 Å². The predicted molar refractivity (Wildman–Crippen MR) is 58.2 cm³/mol. The van der Waals surface area contributed by atoms with Crippen LogP contribution in [0.15, 0.2) is 34.8 Å². The lowest BCUT2D eigenvalue weighted by Gasteiger charge is -2.07. The smallest absolute Gasteiger partial charge is 0.140 e. The van der Waals surface area contributed by atoms with Crippen molar-refractivity contribution in [2.24, 2.45) is 0 Å². The number of halogens is 2. The van der Waals surface area contributed by atoms with Crippen molar-refractivity contribution in [1.29, 1.82) is 0 Å². The maximum Gasteiger partial charge on any atom is 0.140 e. The summed E-state index contributed by atoms with van der Waals surface area (Å²) in [6.45, 7) is 0. The Balaban J connectivity index is 2.84. The number of ether oxygens (including phenoxy) is 1. The first-order valence-corrected chi connectivity index (χ1v) is 4.93. The van der Waals surface area contributed by atoms with Gasteiger partial charge in [0.15, 0.2) is 0 Å². The molecule has 0 aliphatic carbocycles. The van der Waals surface area contributed by atoms with Crippen molar-refractivity contribution in [3.8, 4) is 5.75 Å². The monoisotopic (exact) mass is 254 g/mol. The Labute approximate surface area is 89.6 Å². The molecule has 2 aromatic rings. The van der Waals surface area contributed by atoms with E-state index in [2.05, 4.69) is 15.9 Å². The van der Waals surface area contributed by atoms with E-state index in [1.165, 1.54) is 12.1 Å². The van der Waals surface area contributed by atoms with Crippen molar-refractivity contribution in [3.05, 3.63) is 40.6 Å². The van der Waals surface area contributed by atoms with Crippen LogP contribution in [0.25, 0.3) is 10.8 Å². The first-order chi connectivity index (χ1) is 6.72. The Morgan fingerprint density at radius 3 is 2.64 bits per heavy atom. The van der Waals surface area contributed by atoms with Crippen molar-refractivity contribution >= 4 is 26.7 Å². The molecule has 1 nitrogen and oxygen atoms in total. The quantitative estimate of drug-likeness (QED) is 0.754. The van der Waals surface area contributed by atoms with E-state index in [-0.39, 0.29) is 5.82 Å². The number of rotatable bonds is 1. The Hall–Kier alpha value is -1.09. The second kappa shape index (κ2) is 3.58. The summed E-state index contributed by atoms with van der Waals surface area (Å²) in [5.74, 6) is 0.413. The van der Waals surface area contributed by atoms with Gasteiger partial charge in [0.2, 0.25) is 0 Å². The van der Waals surface area contributed by atoms with E-state index in [4.69, 9.17) is 4.74 Å². The molecule has 0 atom stereocenters. The third kappa shape index (κ3) is 1.48. The topological polar surface area (TPSA) is 9.23 Å². The van der Waals surface area contributed by atoms with Gasteiger partial charge in [-0.05, 0) is 39.5 Å². The number of fused-ring (bicyclic) bond motifs is 1. The maximum absolute atomic E-state index is 13.0. The number of hydrogen-bond donors (Lipinski definition) is 0. The van der Waals surface area contributed by atoms with Gasteiger partial charge in [-0.3, -0.25) is 0 Å². The van der Waals surface area contributed by atoms with Crippen LogP contribution in [0.1, 0.15) is 0 Å². The summed E-state index contributed by atoms with van der Waals surface area (Å²) < 4.78 is 19.0. The number of benzene rings is 2. The van der Waals surface area contributed by atoms with Crippen LogP contribution in [0.4, 0.5) is 4.39 Å². The van der Waals surface area contributed by atoms with Gasteiger partial charge in [-0.25, -0.2) is 4.39 Å². The van der Waals surface area contributed by atoms with Crippen molar-refractivity contribution in [1.82, 2.24) is 0 Å². The minimum atomic E-state index is -0.256. The molecule has 0 heterocycles. The number of hydrogen-bond acceptors (Lipinski definition) is 1. The molecule has 0 aliphatic heterocycles. The summed E-state index contributed by atoms with van der Waals surface area (Å²) in [6, 6.07) is 8.45. The zero-order valence-electron chi connectivity index (χ0n) is 7.55. The van der Waals surface area contributed by atoms with E-state index < -0.39 is 0 Å². The van der Waals surface area contributed by atoms with Crippen molar-refractivity contribution in [2.45, 2.75) is 0 Å². The standard InChI is InChI=1S/C11H8BrFO/c1-14-11-9-6-8(13)4-2-7(9)3-5-10(11)12/h2-6H,1H3. The van der Waals surface area contributed by atoms with Crippen LogP contribution in [0.3, 0.4) is 0 Å². The largest absolute Gasteiger partial charge is 0.495 e. The summed E-state index contributed by atoms with van der Waals surface area (Å²) in [5.41, 5.74) is 0. The number of methoxy groups -OCH3 is 1. The minimum Gasteiger partial charge on any atom is -0.495 e. The molecule has 0 fully saturated rings. The van der Waals surface area contributed by atoms with Crippen molar-refractivity contribution in [2.75, 3.05) is 7.11 Å². The second-order valence-electron chi connectivity index (χ2n) is 2.95. The van der Waals surface area contributed by atoms with Crippen LogP contribution in [0, 0.1) is 5.82 Å². The molecule has 0 saturated carbocycles. The minimum absolute atomic E-state index is 0.256. The summed E-state index contributed by atoms with van der Waals surface area (Å²) in [6.07, 6.45) is 0. The van der Waals surface area contributed by atoms with E-state index in [0.717, 1.165) is 15.2 Å². The molecule has 3 heteroatoms. The van der Waals surface area contributed by atoms with Crippen molar-refractivity contribution in [3.63, 3.8) is 0 Å². The van der Waals surface area contributed by atoms with Crippen LogP contribution in [0.2, 0.25) is 0 Å². The summed E-state index contributed by atoms with van der Waals surface area (Å²) >= 11 is 3.35. The summed E-state index contributed by atoms with van der Waals surface area (Å²) in [5, 5.41) is 1.74. The molecule has 0 aliphatic rings. The Kier molecular flexibility index (Phi) is 2.42. The van der Waals surface area contributed by atoms with E-state index in [0.29, 0.717) is 5.75 Å². The van der Waals surface area contributed by atoms with Gasteiger partial charge < -0.3 is 4.74 Å². The fraction of sp³-hybridized carbons (Fsp3) is 0.0909. The lowest BCUT2D eigenvalue weighted by Crippen LogP contribution is -1.87. The molecule has 0 aromatic heterocycles. The average molecular weight is 255 g/mol. The lowest BCUT2D eigenvalue weighted by molar-refractivity contribution is 0.417. The van der Waals surface area contributed by atoms with Gasteiger partial charge in [0, 0.05) is 5.39 Å². The van der Waals surface area contributed by atoms with E-state index in [9.17, 15) is 4.39 Å². The zero-order valence-corrected chi connectivity index (χ0v) is 9.14. The summed E-state index contributed by atoms with van der Waals surface area (Å²) in [7, 11) is 1.57. The highest BCUT2D eigenvalue weighted by atomic mass is 79.9. The van der Waals surface area contributed by atoms with E-state index >= 15 is 0 Å². The highest BCUT2D eigenvalue weighted by Crippen LogP contribution is 2.33. The highest BCUT2D eigenvalue weighted by molar-refractivity contribution is 9.10. The highest BCUT2D eigenvalue weighted by Gasteiger charge is 2.06. The van der Waals surface area contributed by atoms with Crippen LogP contribution >= 0.6 is 15.9 Å². The molecule has 0 N–H and O–H groups in total. The maximum atomic E-state index is 13.0. The van der Waals surface area contributed by atoms with E-state index in [1.807, 2.05) is 12.1 Å². The first kappa shape index (κ1) is 9.46. The molecular weight excluding hydrogens is 247 g/mol. The average Bonchev–Trinajstić information content (AvgIpc) is 2.17. The second-order valence-corrected chi connectivity index (χ2v) is 3.80. The fourth-order valence-electron chi connectivity index (χ4n) is 1.45. The zero-order chi connectivity index (χ0) is 10.1. The Morgan fingerprint density at radius 1 is 1.21 bits per heavy atom. The fourth-order valence-corrected chi connectivity index (χ4v) is 1.95. The third-order valence-electron chi connectivity index (χ3n) is 2.09. The van der Waals surface area contributed by atoms with Gasteiger partial charge in [-0.15, -0.1) is 0 Å². The Morgan fingerprint density at radius 2 is 1.93 bits per heavy atom. The summed E-state index contributed by atoms with van der Waals surface area (Å²) in [4.78, 5) is 0.